The fraction of sp³-hybridized carbons (Fsp3) is 0.400. The number of hydrogen-bond acceptors (Lipinski definition) is 1. The van der Waals surface area contributed by atoms with Gasteiger partial charge in [-0.05, 0) is 49.0 Å². The maximum atomic E-state index is 11.8. The van der Waals surface area contributed by atoms with Crippen molar-refractivity contribution >= 4 is 27.9 Å². The molecule has 18 heavy (non-hydrogen) atoms. The second kappa shape index (κ2) is 6.19. The zero-order valence-electron chi connectivity index (χ0n) is 10.5. The molecule has 1 aromatic rings. The van der Waals surface area contributed by atoms with E-state index in [2.05, 4.69) is 28.2 Å². The molecule has 1 aliphatic carbocycles. The van der Waals surface area contributed by atoms with E-state index in [1.807, 2.05) is 30.3 Å². The Labute approximate surface area is 117 Å². The quantitative estimate of drug-likeness (QED) is 0.846. The number of amides is 1. The Kier molecular flexibility index (Phi) is 4.59. The highest BCUT2D eigenvalue weighted by Crippen LogP contribution is 2.24. The third-order valence-electron chi connectivity index (χ3n) is 3.32. The first-order valence-corrected chi connectivity index (χ1v) is 7.17. The van der Waals surface area contributed by atoms with Crippen LogP contribution in [-0.4, -0.2) is 11.9 Å². The Morgan fingerprint density at radius 1 is 1.44 bits per heavy atom. The maximum Gasteiger partial charge on any atom is 0.244 e. The molecule has 1 fully saturated rings. The molecule has 0 bridgehead atoms. The number of benzene rings is 1. The summed E-state index contributed by atoms with van der Waals surface area (Å²) in [7, 11) is 0. The minimum atomic E-state index is 0.00840. The van der Waals surface area contributed by atoms with Gasteiger partial charge in [-0.15, -0.1) is 0 Å². The summed E-state index contributed by atoms with van der Waals surface area (Å²) in [6.45, 7) is 2.24. The third-order valence-corrected chi connectivity index (χ3v) is 3.81. The average Bonchev–Trinajstić information content (AvgIpc) is 2.72. The number of nitrogens with one attached hydrogen (secondary N) is 1. The van der Waals surface area contributed by atoms with Gasteiger partial charge in [0.15, 0.2) is 0 Å². The van der Waals surface area contributed by atoms with Crippen molar-refractivity contribution in [1.29, 1.82) is 0 Å². The van der Waals surface area contributed by atoms with Crippen LogP contribution < -0.4 is 5.32 Å². The molecule has 3 heteroatoms. The minimum Gasteiger partial charge on any atom is -0.350 e. The SMILES string of the molecule is CC1CCC(NC(=O)/C=C/c2cccc(Br)c2)C1. The summed E-state index contributed by atoms with van der Waals surface area (Å²) in [5.41, 5.74) is 1.03. The molecule has 2 atom stereocenters. The van der Waals surface area contributed by atoms with Gasteiger partial charge in [-0.25, -0.2) is 0 Å². The summed E-state index contributed by atoms with van der Waals surface area (Å²) in [4.78, 5) is 11.8. The summed E-state index contributed by atoms with van der Waals surface area (Å²) in [6, 6.07) is 8.25. The number of halogens is 1. The molecule has 1 N–H and O–H groups in total. The van der Waals surface area contributed by atoms with Gasteiger partial charge in [0.1, 0.15) is 0 Å². The van der Waals surface area contributed by atoms with Crippen LogP contribution in [0.2, 0.25) is 0 Å². The Balaban J connectivity index is 1.87. The van der Waals surface area contributed by atoms with Crippen molar-refractivity contribution in [3.8, 4) is 0 Å². The van der Waals surface area contributed by atoms with Gasteiger partial charge < -0.3 is 5.32 Å². The molecule has 0 aliphatic heterocycles. The first-order chi connectivity index (χ1) is 8.63. The molecule has 0 spiro atoms. The Morgan fingerprint density at radius 3 is 2.94 bits per heavy atom. The van der Waals surface area contributed by atoms with Crippen molar-refractivity contribution in [3.05, 3.63) is 40.4 Å². The smallest absolute Gasteiger partial charge is 0.244 e. The molecular formula is C15H18BrNO. The predicted octanol–water partition coefficient (Wildman–Crippen LogP) is 3.77. The van der Waals surface area contributed by atoms with Gasteiger partial charge in [-0.1, -0.05) is 35.0 Å². The molecule has 0 radical (unpaired) electrons. The lowest BCUT2D eigenvalue weighted by atomic mass is 10.1. The molecule has 2 unspecified atom stereocenters. The average molecular weight is 308 g/mol. The molecular weight excluding hydrogens is 290 g/mol. The first kappa shape index (κ1) is 13.3. The lowest BCUT2D eigenvalue weighted by Crippen LogP contribution is -2.31. The Morgan fingerprint density at radius 2 is 2.28 bits per heavy atom. The van der Waals surface area contributed by atoms with Crippen molar-refractivity contribution in [2.24, 2.45) is 5.92 Å². The zero-order chi connectivity index (χ0) is 13.0. The molecule has 2 nitrogen and oxygen atoms in total. The normalized spacial score (nSPS) is 23.4. The van der Waals surface area contributed by atoms with E-state index in [1.54, 1.807) is 6.08 Å². The molecule has 1 aliphatic rings. The van der Waals surface area contributed by atoms with Gasteiger partial charge in [0.05, 0.1) is 0 Å². The summed E-state index contributed by atoms with van der Waals surface area (Å²) in [5.74, 6) is 0.749. The second-order valence-corrected chi connectivity index (χ2v) is 5.93. The van der Waals surface area contributed by atoms with Gasteiger partial charge in [-0.3, -0.25) is 4.79 Å². The Bertz CT molecular complexity index is 456. The fourth-order valence-electron chi connectivity index (χ4n) is 2.37. The van der Waals surface area contributed by atoms with Crippen LogP contribution in [0.15, 0.2) is 34.8 Å². The standard InChI is InChI=1S/C15H18BrNO/c1-11-5-7-14(9-11)17-15(18)8-6-12-3-2-4-13(16)10-12/h2-4,6,8,10-11,14H,5,7,9H2,1H3,(H,17,18)/b8-6+. The summed E-state index contributed by atoms with van der Waals surface area (Å²) >= 11 is 3.41. The van der Waals surface area contributed by atoms with E-state index >= 15 is 0 Å². The summed E-state index contributed by atoms with van der Waals surface area (Å²) < 4.78 is 1.02. The number of carbonyl (C=O) groups is 1. The molecule has 1 aromatic carbocycles. The number of hydrogen-bond donors (Lipinski definition) is 1. The van der Waals surface area contributed by atoms with Crippen LogP contribution in [0.25, 0.3) is 6.08 Å². The van der Waals surface area contributed by atoms with E-state index in [0.717, 1.165) is 28.8 Å². The van der Waals surface area contributed by atoms with Gasteiger partial charge >= 0.3 is 0 Å². The van der Waals surface area contributed by atoms with Crippen molar-refractivity contribution in [2.45, 2.75) is 32.2 Å². The van der Waals surface area contributed by atoms with Crippen molar-refractivity contribution < 1.29 is 4.79 Å². The largest absolute Gasteiger partial charge is 0.350 e. The Hall–Kier alpha value is -1.09. The van der Waals surface area contributed by atoms with E-state index < -0.39 is 0 Å². The molecule has 1 amide bonds. The second-order valence-electron chi connectivity index (χ2n) is 5.01. The van der Waals surface area contributed by atoms with Crippen LogP contribution in [0.1, 0.15) is 31.7 Å². The third kappa shape index (κ3) is 3.98. The number of rotatable bonds is 3. The monoisotopic (exact) mass is 307 g/mol. The molecule has 2 rings (SSSR count). The molecule has 0 heterocycles. The van der Waals surface area contributed by atoms with Crippen LogP contribution in [-0.2, 0) is 4.79 Å². The highest BCUT2D eigenvalue weighted by molar-refractivity contribution is 9.10. The molecule has 0 saturated heterocycles. The van der Waals surface area contributed by atoms with E-state index in [4.69, 9.17) is 0 Å². The van der Waals surface area contributed by atoms with E-state index in [1.165, 1.54) is 6.42 Å². The zero-order valence-corrected chi connectivity index (χ0v) is 12.1. The van der Waals surface area contributed by atoms with Crippen molar-refractivity contribution in [2.75, 3.05) is 0 Å². The highest BCUT2D eigenvalue weighted by Gasteiger charge is 2.21. The van der Waals surface area contributed by atoms with Crippen LogP contribution >= 0.6 is 15.9 Å². The van der Waals surface area contributed by atoms with Crippen LogP contribution in [0.5, 0.6) is 0 Å². The predicted molar refractivity (Wildman–Crippen MR) is 78.1 cm³/mol. The van der Waals surface area contributed by atoms with Crippen molar-refractivity contribution in [1.82, 2.24) is 5.32 Å². The molecule has 96 valence electrons. The van der Waals surface area contributed by atoms with Crippen molar-refractivity contribution in [3.63, 3.8) is 0 Å². The van der Waals surface area contributed by atoms with Gasteiger partial charge in [-0.2, -0.15) is 0 Å². The lowest BCUT2D eigenvalue weighted by molar-refractivity contribution is -0.117. The van der Waals surface area contributed by atoms with Crippen LogP contribution in [0.4, 0.5) is 0 Å². The highest BCUT2D eigenvalue weighted by atomic mass is 79.9. The molecule has 1 saturated carbocycles. The minimum absolute atomic E-state index is 0.00840. The van der Waals surface area contributed by atoms with Gasteiger partial charge in [0, 0.05) is 16.6 Å². The topological polar surface area (TPSA) is 29.1 Å². The van der Waals surface area contributed by atoms with Crippen LogP contribution in [0, 0.1) is 5.92 Å². The van der Waals surface area contributed by atoms with Crippen LogP contribution in [0.3, 0.4) is 0 Å². The molecule has 0 aromatic heterocycles. The first-order valence-electron chi connectivity index (χ1n) is 6.37. The van der Waals surface area contributed by atoms with Gasteiger partial charge in [0.2, 0.25) is 5.91 Å². The van der Waals surface area contributed by atoms with E-state index in [-0.39, 0.29) is 5.91 Å². The summed E-state index contributed by atoms with van der Waals surface area (Å²) in [6.07, 6.45) is 6.90. The van der Waals surface area contributed by atoms with Gasteiger partial charge in [0.25, 0.3) is 0 Å². The fourth-order valence-corrected chi connectivity index (χ4v) is 2.79. The maximum absolute atomic E-state index is 11.8. The summed E-state index contributed by atoms with van der Waals surface area (Å²) in [5, 5.41) is 3.06. The van der Waals surface area contributed by atoms with E-state index in [0.29, 0.717) is 6.04 Å². The van der Waals surface area contributed by atoms with E-state index in [9.17, 15) is 4.79 Å². The lowest BCUT2D eigenvalue weighted by Gasteiger charge is -2.10. The number of carbonyl (C=O) groups excluding carboxylic acids is 1.